The lowest BCUT2D eigenvalue weighted by atomic mass is 10.2. The molecule has 0 bridgehead atoms. The van der Waals surface area contributed by atoms with Crippen molar-refractivity contribution in [3.05, 3.63) is 10.6 Å². The molecule has 5 heteroatoms. The summed E-state index contributed by atoms with van der Waals surface area (Å²) >= 11 is 1.89. The summed E-state index contributed by atoms with van der Waals surface area (Å²) in [5, 5.41) is 4.84. The van der Waals surface area contributed by atoms with Crippen LogP contribution >= 0.6 is 11.3 Å². The Morgan fingerprint density at radius 3 is 2.50 bits per heavy atom. The van der Waals surface area contributed by atoms with Crippen molar-refractivity contribution in [1.29, 1.82) is 0 Å². The Bertz CT molecular complexity index is 449. The van der Waals surface area contributed by atoms with Gasteiger partial charge < -0.3 is 15.1 Å². The molecule has 2 fully saturated rings. The van der Waals surface area contributed by atoms with Crippen molar-refractivity contribution in [2.75, 3.05) is 39.1 Å². The van der Waals surface area contributed by atoms with E-state index in [1.165, 1.54) is 41.4 Å². The summed E-state index contributed by atoms with van der Waals surface area (Å²) in [6.45, 7) is 3.14. The van der Waals surface area contributed by atoms with Crippen LogP contribution in [-0.2, 0) is 6.54 Å². The second-order valence-electron chi connectivity index (χ2n) is 6.46. The molecule has 0 amide bonds. The molecule has 0 radical (unpaired) electrons. The molecule has 0 atom stereocenters. The molecule has 2 aliphatic carbocycles. The predicted octanol–water partition coefficient (Wildman–Crippen LogP) is 2.27. The number of hydrogen-bond donors (Lipinski definition) is 1. The van der Waals surface area contributed by atoms with Crippen LogP contribution in [0.1, 0.15) is 42.2 Å². The van der Waals surface area contributed by atoms with E-state index >= 15 is 0 Å². The first-order valence-electron chi connectivity index (χ1n) is 7.72. The molecule has 4 nitrogen and oxygen atoms in total. The molecule has 0 unspecified atom stereocenters. The molecular formula is C15H26N4S. The molecule has 0 aromatic carbocycles. The molecule has 2 aliphatic rings. The molecule has 2 saturated carbocycles. The fraction of sp³-hybridized carbons (Fsp3) is 0.800. The lowest BCUT2D eigenvalue weighted by Gasteiger charge is -2.18. The lowest BCUT2D eigenvalue weighted by Crippen LogP contribution is -2.28. The minimum absolute atomic E-state index is 0.748. The highest BCUT2D eigenvalue weighted by atomic mass is 32.1. The van der Waals surface area contributed by atoms with Gasteiger partial charge in [0.15, 0.2) is 5.13 Å². The third kappa shape index (κ3) is 3.71. The van der Waals surface area contributed by atoms with Crippen molar-refractivity contribution in [3.63, 3.8) is 0 Å². The minimum atomic E-state index is 0.748. The number of aromatic nitrogens is 1. The lowest BCUT2D eigenvalue weighted by molar-refractivity contribution is 0.416. The van der Waals surface area contributed by atoms with E-state index in [0.717, 1.165) is 31.6 Å². The fourth-order valence-corrected chi connectivity index (χ4v) is 3.37. The van der Waals surface area contributed by atoms with E-state index in [4.69, 9.17) is 4.98 Å². The summed E-state index contributed by atoms with van der Waals surface area (Å²) in [5.74, 6) is 0.748. The van der Waals surface area contributed by atoms with Gasteiger partial charge in [-0.05, 0) is 39.8 Å². The van der Waals surface area contributed by atoms with Gasteiger partial charge in [0.1, 0.15) is 0 Å². The van der Waals surface area contributed by atoms with E-state index in [0.29, 0.717) is 0 Å². The smallest absolute Gasteiger partial charge is 0.185 e. The molecular weight excluding hydrogens is 268 g/mol. The average Bonchev–Trinajstić information content (AvgIpc) is 3.32. The first-order valence-corrected chi connectivity index (χ1v) is 8.54. The van der Waals surface area contributed by atoms with Crippen LogP contribution in [0, 0.1) is 0 Å². The van der Waals surface area contributed by atoms with E-state index in [9.17, 15) is 0 Å². The van der Waals surface area contributed by atoms with Crippen molar-refractivity contribution >= 4 is 16.5 Å². The Kier molecular flexibility index (Phi) is 4.29. The standard InChI is InChI=1S/C15H26N4S/c1-18(2)8-9-19(3)15-17-14(11-4-5-11)13(20-15)10-16-12-6-7-12/h11-12,16H,4-10H2,1-3H3. The highest BCUT2D eigenvalue weighted by Crippen LogP contribution is 2.44. The molecule has 0 spiro atoms. The fourth-order valence-electron chi connectivity index (χ4n) is 2.29. The largest absolute Gasteiger partial charge is 0.350 e. The van der Waals surface area contributed by atoms with Gasteiger partial charge in [0, 0.05) is 43.5 Å². The van der Waals surface area contributed by atoms with Crippen LogP contribution in [-0.4, -0.2) is 50.2 Å². The monoisotopic (exact) mass is 294 g/mol. The number of rotatable bonds is 8. The van der Waals surface area contributed by atoms with Crippen molar-refractivity contribution < 1.29 is 0 Å². The van der Waals surface area contributed by atoms with Crippen LogP contribution < -0.4 is 10.2 Å². The van der Waals surface area contributed by atoms with E-state index in [1.54, 1.807) is 0 Å². The average molecular weight is 294 g/mol. The molecule has 1 N–H and O–H groups in total. The SMILES string of the molecule is CN(C)CCN(C)c1nc(C2CC2)c(CNC2CC2)s1. The maximum Gasteiger partial charge on any atom is 0.185 e. The van der Waals surface area contributed by atoms with E-state index in [2.05, 4.69) is 36.3 Å². The zero-order valence-electron chi connectivity index (χ0n) is 12.9. The van der Waals surface area contributed by atoms with Gasteiger partial charge in [0.05, 0.1) is 5.69 Å². The third-order valence-electron chi connectivity index (χ3n) is 4.02. The Balaban J connectivity index is 1.65. The second-order valence-corrected chi connectivity index (χ2v) is 7.52. The van der Waals surface area contributed by atoms with Crippen molar-refractivity contribution in [3.8, 4) is 0 Å². The van der Waals surface area contributed by atoms with Gasteiger partial charge in [-0.15, -0.1) is 11.3 Å². The number of anilines is 1. The third-order valence-corrected chi connectivity index (χ3v) is 5.20. The number of nitrogens with one attached hydrogen (secondary N) is 1. The van der Waals surface area contributed by atoms with Crippen LogP contribution in [0.3, 0.4) is 0 Å². The highest BCUT2D eigenvalue weighted by Gasteiger charge is 2.31. The van der Waals surface area contributed by atoms with Gasteiger partial charge >= 0.3 is 0 Å². The van der Waals surface area contributed by atoms with Gasteiger partial charge in [0.25, 0.3) is 0 Å². The molecule has 20 heavy (non-hydrogen) atoms. The summed E-state index contributed by atoms with van der Waals surface area (Å²) in [4.78, 5) is 10.9. The Morgan fingerprint density at radius 1 is 1.15 bits per heavy atom. The van der Waals surface area contributed by atoms with E-state index < -0.39 is 0 Å². The van der Waals surface area contributed by atoms with E-state index in [1.807, 2.05) is 11.3 Å². The molecule has 0 saturated heterocycles. The van der Waals surface area contributed by atoms with Crippen LogP contribution in [0.25, 0.3) is 0 Å². The Hall–Kier alpha value is -0.650. The predicted molar refractivity (Wildman–Crippen MR) is 85.8 cm³/mol. The van der Waals surface area contributed by atoms with Crippen LogP contribution in [0.5, 0.6) is 0 Å². The topological polar surface area (TPSA) is 31.4 Å². The maximum absolute atomic E-state index is 4.93. The van der Waals surface area contributed by atoms with Gasteiger partial charge in [0.2, 0.25) is 0 Å². The Labute approximate surface area is 126 Å². The molecule has 0 aliphatic heterocycles. The van der Waals surface area contributed by atoms with Crippen molar-refractivity contribution in [1.82, 2.24) is 15.2 Å². The molecule has 1 aromatic rings. The van der Waals surface area contributed by atoms with Gasteiger partial charge in [-0.1, -0.05) is 0 Å². The first kappa shape index (κ1) is 14.3. The number of nitrogens with zero attached hydrogens (tertiary/aromatic N) is 3. The first-order chi connectivity index (χ1) is 9.63. The van der Waals surface area contributed by atoms with Gasteiger partial charge in [-0.3, -0.25) is 0 Å². The van der Waals surface area contributed by atoms with Crippen LogP contribution in [0.15, 0.2) is 0 Å². The van der Waals surface area contributed by atoms with Crippen molar-refractivity contribution in [2.24, 2.45) is 0 Å². The summed E-state index contributed by atoms with van der Waals surface area (Å²) < 4.78 is 0. The quantitative estimate of drug-likeness (QED) is 0.797. The summed E-state index contributed by atoms with van der Waals surface area (Å²) in [5.41, 5.74) is 1.38. The molecule has 112 valence electrons. The van der Waals surface area contributed by atoms with Crippen molar-refractivity contribution in [2.45, 2.75) is 44.2 Å². The molecule has 3 rings (SSSR count). The Morgan fingerprint density at radius 2 is 1.90 bits per heavy atom. The minimum Gasteiger partial charge on any atom is -0.350 e. The molecule has 1 aromatic heterocycles. The number of likely N-dealkylation sites (N-methyl/N-ethyl adjacent to an activating group) is 2. The normalized spacial score (nSPS) is 18.8. The maximum atomic E-state index is 4.93. The highest BCUT2D eigenvalue weighted by molar-refractivity contribution is 7.15. The van der Waals surface area contributed by atoms with Crippen LogP contribution in [0.2, 0.25) is 0 Å². The summed E-state index contributed by atoms with van der Waals surface area (Å²) in [6.07, 6.45) is 5.38. The van der Waals surface area contributed by atoms with Gasteiger partial charge in [-0.25, -0.2) is 4.98 Å². The second kappa shape index (κ2) is 6.00. The van der Waals surface area contributed by atoms with Gasteiger partial charge in [-0.2, -0.15) is 0 Å². The zero-order valence-corrected chi connectivity index (χ0v) is 13.7. The summed E-state index contributed by atoms with van der Waals surface area (Å²) in [7, 11) is 6.41. The van der Waals surface area contributed by atoms with E-state index in [-0.39, 0.29) is 0 Å². The number of hydrogen-bond acceptors (Lipinski definition) is 5. The number of thiazole rings is 1. The summed E-state index contributed by atoms with van der Waals surface area (Å²) in [6, 6.07) is 0.777. The molecule has 1 heterocycles. The zero-order chi connectivity index (χ0) is 14.1. The van der Waals surface area contributed by atoms with Crippen LogP contribution in [0.4, 0.5) is 5.13 Å².